The predicted octanol–water partition coefficient (Wildman–Crippen LogP) is 6.00. The molecule has 1 unspecified atom stereocenters. The largest absolute Gasteiger partial charge is 0.354 e. The zero-order valence-corrected chi connectivity index (χ0v) is 17.6. The standard InChI is InChI=1S/C25H31N3/c1-18(2)13-16-28-20(4)19(3)23-12-14-26-25(24(23)28)27-15-8-11-22(17-27)21-9-6-5-7-10-21/h5-7,9-10,12-14,22H,8,11,15-17H2,1-4H3. The number of fused-ring (bicyclic) bond motifs is 1. The number of piperidine rings is 1. The molecule has 0 amide bonds. The summed E-state index contributed by atoms with van der Waals surface area (Å²) in [6.45, 7) is 11.9. The molecular formula is C25H31N3. The van der Waals surface area contributed by atoms with E-state index in [1.807, 2.05) is 6.20 Å². The minimum absolute atomic E-state index is 0.579. The van der Waals surface area contributed by atoms with E-state index in [9.17, 15) is 0 Å². The highest BCUT2D eigenvalue weighted by Gasteiger charge is 2.25. The van der Waals surface area contributed by atoms with E-state index in [2.05, 4.69) is 79.6 Å². The Balaban J connectivity index is 1.76. The highest BCUT2D eigenvalue weighted by atomic mass is 15.2. The molecule has 1 fully saturated rings. The molecule has 0 bridgehead atoms. The first kappa shape index (κ1) is 18.8. The van der Waals surface area contributed by atoms with Gasteiger partial charge in [0.1, 0.15) is 0 Å². The van der Waals surface area contributed by atoms with Crippen molar-refractivity contribution in [2.24, 2.45) is 0 Å². The van der Waals surface area contributed by atoms with Gasteiger partial charge in [0.2, 0.25) is 0 Å². The minimum atomic E-state index is 0.579. The van der Waals surface area contributed by atoms with Crippen LogP contribution in [0.4, 0.5) is 5.82 Å². The van der Waals surface area contributed by atoms with Crippen molar-refractivity contribution in [1.29, 1.82) is 0 Å². The molecule has 3 heterocycles. The summed E-state index contributed by atoms with van der Waals surface area (Å²) in [5, 5.41) is 1.34. The van der Waals surface area contributed by atoms with Gasteiger partial charge in [0.05, 0.1) is 5.52 Å². The number of benzene rings is 1. The van der Waals surface area contributed by atoms with Gasteiger partial charge in [-0.3, -0.25) is 0 Å². The molecule has 1 saturated heterocycles. The van der Waals surface area contributed by atoms with Gasteiger partial charge >= 0.3 is 0 Å². The summed E-state index contributed by atoms with van der Waals surface area (Å²) in [4.78, 5) is 7.40. The van der Waals surface area contributed by atoms with Crippen LogP contribution in [0.2, 0.25) is 0 Å². The number of aromatic nitrogens is 2. The van der Waals surface area contributed by atoms with Gasteiger partial charge in [-0.2, -0.15) is 0 Å². The van der Waals surface area contributed by atoms with Gasteiger partial charge in [0.25, 0.3) is 0 Å². The molecule has 0 aliphatic carbocycles. The highest BCUT2D eigenvalue weighted by Crippen LogP contribution is 2.35. The Labute approximate surface area is 168 Å². The van der Waals surface area contributed by atoms with Crippen molar-refractivity contribution in [2.45, 2.75) is 53.0 Å². The number of pyridine rings is 1. The number of hydrogen-bond acceptors (Lipinski definition) is 2. The minimum Gasteiger partial charge on any atom is -0.354 e. The van der Waals surface area contributed by atoms with Gasteiger partial charge in [0, 0.05) is 42.8 Å². The van der Waals surface area contributed by atoms with E-state index in [-0.39, 0.29) is 0 Å². The predicted molar refractivity (Wildman–Crippen MR) is 119 cm³/mol. The molecule has 1 aliphatic heterocycles. The SMILES string of the molecule is CC(C)=CCn1c(C)c(C)c2ccnc(N3CCCC(c4ccccc4)C3)c21. The Hall–Kier alpha value is -2.55. The molecule has 0 spiro atoms. The third kappa shape index (κ3) is 3.46. The number of aryl methyl sites for hydroxylation is 1. The summed E-state index contributed by atoms with van der Waals surface area (Å²) in [7, 11) is 0. The van der Waals surface area contributed by atoms with Crippen molar-refractivity contribution in [3.8, 4) is 0 Å². The van der Waals surface area contributed by atoms with Gasteiger partial charge in [-0.15, -0.1) is 0 Å². The summed E-state index contributed by atoms with van der Waals surface area (Å²) in [5.41, 5.74) is 6.82. The third-order valence-electron chi connectivity index (χ3n) is 6.20. The summed E-state index contributed by atoms with van der Waals surface area (Å²) >= 11 is 0. The van der Waals surface area contributed by atoms with Gasteiger partial charge in [-0.25, -0.2) is 4.98 Å². The van der Waals surface area contributed by atoms with Gasteiger partial charge in [-0.05, 0) is 57.7 Å². The zero-order valence-electron chi connectivity index (χ0n) is 17.6. The zero-order chi connectivity index (χ0) is 19.7. The Kier molecular flexibility index (Phi) is 5.25. The summed E-state index contributed by atoms with van der Waals surface area (Å²) in [5.74, 6) is 1.73. The van der Waals surface area contributed by atoms with Crippen LogP contribution in [0.25, 0.3) is 10.9 Å². The van der Waals surface area contributed by atoms with E-state index in [1.54, 1.807) is 0 Å². The molecule has 0 radical (unpaired) electrons. The lowest BCUT2D eigenvalue weighted by molar-refractivity contribution is 0.507. The van der Waals surface area contributed by atoms with Gasteiger partial charge in [-0.1, -0.05) is 42.0 Å². The lowest BCUT2D eigenvalue weighted by atomic mass is 9.90. The lowest BCUT2D eigenvalue weighted by Gasteiger charge is -2.34. The second kappa shape index (κ2) is 7.83. The Morgan fingerprint density at radius 2 is 1.93 bits per heavy atom. The molecule has 28 heavy (non-hydrogen) atoms. The van der Waals surface area contributed by atoms with E-state index < -0.39 is 0 Å². The monoisotopic (exact) mass is 373 g/mol. The van der Waals surface area contributed by atoms with Crippen LogP contribution in [0.1, 0.15) is 49.4 Å². The van der Waals surface area contributed by atoms with Crippen LogP contribution >= 0.6 is 0 Å². The van der Waals surface area contributed by atoms with E-state index in [4.69, 9.17) is 4.98 Å². The number of allylic oxidation sites excluding steroid dienone is 2. The molecule has 146 valence electrons. The number of anilines is 1. The highest BCUT2D eigenvalue weighted by molar-refractivity contribution is 5.93. The second-order valence-electron chi connectivity index (χ2n) is 8.33. The molecule has 0 saturated carbocycles. The molecule has 3 nitrogen and oxygen atoms in total. The summed E-state index contributed by atoms with van der Waals surface area (Å²) in [6, 6.07) is 13.1. The first-order valence-electron chi connectivity index (χ1n) is 10.4. The van der Waals surface area contributed by atoms with Crippen molar-refractivity contribution < 1.29 is 0 Å². The number of hydrogen-bond donors (Lipinski definition) is 0. The van der Waals surface area contributed by atoms with Crippen LogP contribution < -0.4 is 4.90 Å². The fourth-order valence-electron chi connectivity index (χ4n) is 4.48. The topological polar surface area (TPSA) is 21.1 Å². The maximum absolute atomic E-state index is 4.89. The molecule has 0 N–H and O–H groups in total. The van der Waals surface area contributed by atoms with Crippen LogP contribution in [-0.4, -0.2) is 22.6 Å². The maximum atomic E-state index is 4.89. The molecule has 4 rings (SSSR count). The van der Waals surface area contributed by atoms with Crippen molar-refractivity contribution in [2.75, 3.05) is 18.0 Å². The molecule has 1 aromatic carbocycles. The average Bonchev–Trinajstić information content (AvgIpc) is 2.97. The van der Waals surface area contributed by atoms with Crippen LogP contribution in [0, 0.1) is 13.8 Å². The fraction of sp³-hybridized carbons (Fsp3) is 0.400. The first-order valence-corrected chi connectivity index (χ1v) is 10.4. The van der Waals surface area contributed by atoms with E-state index in [0.29, 0.717) is 5.92 Å². The quantitative estimate of drug-likeness (QED) is 0.523. The van der Waals surface area contributed by atoms with Crippen molar-refractivity contribution in [3.05, 3.63) is 71.1 Å². The van der Waals surface area contributed by atoms with Gasteiger partial charge < -0.3 is 9.47 Å². The molecule has 1 atom stereocenters. The van der Waals surface area contributed by atoms with Crippen molar-refractivity contribution in [1.82, 2.24) is 9.55 Å². The van der Waals surface area contributed by atoms with Crippen LogP contribution in [0.15, 0.2) is 54.2 Å². The number of nitrogens with zero attached hydrogens (tertiary/aromatic N) is 3. The van der Waals surface area contributed by atoms with E-state index in [1.165, 1.54) is 46.1 Å². The smallest absolute Gasteiger partial charge is 0.153 e. The van der Waals surface area contributed by atoms with Gasteiger partial charge in [0.15, 0.2) is 5.82 Å². The van der Waals surface area contributed by atoms with Crippen LogP contribution in [-0.2, 0) is 6.54 Å². The fourth-order valence-corrected chi connectivity index (χ4v) is 4.48. The Bertz CT molecular complexity index is 994. The molecule has 3 heteroatoms. The summed E-state index contributed by atoms with van der Waals surface area (Å²) in [6.07, 6.45) is 6.77. The second-order valence-corrected chi connectivity index (χ2v) is 8.33. The number of rotatable bonds is 4. The third-order valence-corrected chi connectivity index (χ3v) is 6.20. The molecule has 3 aromatic rings. The van der Waals surface area contributed by atoms with Crippen molar-refractivity contribution >= 4 is 16.7 Å². The molecule has 1 aliphatic rings. The Morgan fingerprint density at radius 1 is 1.14 bits per heavy atom. The lowest BCUT2D eigenvalue weighted by Crippen LogP contribution is -2.35. The maximum Gasteiger partial charge on any atom is 0.153 e. The normalized spacial score (nSPS) is 17.1. The Morgan fingerprint density at radius 3 is 2.68 bits per heavy atom. The van der Waals surface area contributed by atoms with Crippen LogP contribution in [0.5, 0.6) is 0 Å². The van der Waals surface area contributed by atoms with E-state index in [0.717, 1.165) is 25.5 Å². The average molecular weight is 374 g/mol. The molecule has 2 aromatic heterocycles. The van der Waals surface area contributed by atoms with Crippen molar-refractivity contribution in [3.63, 3.8) is 0 Å². The molecular weight excluding hydrogens is 342 g/mol. The van der Waals surface area contributed by atoms with E-state index >= 15 is 0 Å². The first-order chi connectivity index (χ1) is 13.6. The summed E-state index contributed by atoms with van der Waals surface area (Å²) < 4.78 is 2.45. The van der Waals surface area contributed by atoms with Crippen LogP contribution in [0.3, 0.4) is 0 Å².